The van der Waals surface area contributed by atoms with Crippen LogP contribution in [0.4, 0.5) is 0 Å². The van der Waals surface area contributed by atoms with Crippen LogP contribution in [0.1, 0.15) is 195 Å². The SMILES string of the molecule is C.C.C.Cc1c(C)c(C)c(C)c(C)c1C.Cc1cc(-c2cc(C)c(C)c(C)c2)cc(C)c1C.Cc1cc(C)c(C)c(C)c1C.Cc1cc(Cc2cc(C)c(C)c(C)c2)cc(C)c1C.Cc1cc(Oc2cc(C)c(C)c(C)c2)cc(C)c1C. The fraction of sp³-hybridized carbons (Fsp3) is 0.407. The molecule has 0 bridgehead atoms. The van der Waals surface area contributed by atoms with Crippen LogP contribution in [0.15, 0.2) is 78.9 Å². The Labute approximate surface area is 505 Å². The number of hydrogen-bond donors (Lipinski definition) is 0. The van der Waals surface area contributed by atoms with Crippen molar-refractivity contribution >= 4 is 0 Å². The summed E-state index contributed by atoms with van der Waals surface area (Å²) in [6.07, 6.45) is 1.03. The van der Waals surface area contributed by atoms with Crippen LogP contribution in [0, 0.1) is 201 Å². The van der Waals surface area contributed by atoms with Crippen LogP contribution < -0.4 is 4.74 Å². The van der Waals surface area contributed by atoms with Gasteiger partial charge in [0.1, 0.15) is 11.5 Å². The molecule has 0 saturated heterocycles. The van der Waals surface area contributed by atoms with Gasteiger partial charge >= 0.3 is 0 Å². The van der Waals surface area contributed by atoms with Gasteiger partial charge in [-0.05, 0) is 415 Å². The van der Waals surface area contributed by atoms with Crippen molar-refractivity contribution in [2.75, 3.05) is 0 Å². The highest BCUT2D eigenvalue weighted by Gasteiger charge is 2.11. The summed E-state index contributed by atoms with van der Waals surface area (Å²) < 4.78 is 6.01. The van der Waals surface area contributed by atoms with Crippen LogP contribution in [0.5, 0.6) is 11.5 Å². The van der Waals surface area contributed by atoms with Gasteiger partial charge in [0.25, 0.3) is 0 Å². The Morgan fingerprint density at radius 3 is 0.549 bits per heavy atom. The van der Waals surface area contributed by atoms with E-state index < -0.39 is 0 Å². The summed E-state index contributed by atoms with van der Waals surface area (Å²) in [5, 5.41) is 0. The summed E-state index contributed by atoms with van der Waals surface area (Å²) in [7, 11) is 0. The topological polar surface area (TPSA) is 9.23 Å². The minimum atomic E-state index is 0. The van der Waals surface area contributed by atoms with Crippen molar-refractivity contribution in [3.05, 3.63) is 251 Å². The van der Waals surface area contributed by atoms with Crippen LogP contribution in [-0.2, 0) is 6.42 Å². The molecular weight excluding hydrogens is 989 g/mol. The van der Waals surface area contributed by atoms with Gasteiger partial charge < -0.3 is 4.74 Å². The zero-order valence-corrected chi connectivity index (χ0v) is 55.1. The molecular formula is C81H114O. The lowest BCUT2D eigenvalue weighted by Crippen LogP contribution is -1.98. The monoisotopic (exact) mass is 1100 g/mol. The third-order valence-electron chi connectivity index (χ3n) is 18.7. The molecule has 8 rings (SSSR count). The van der Waals surface area contributed by atoms with E-state index >= 15 is 0 Å². The van der Waals surface area contributed by atoms with E-state index in [1.807, 2.05) is 0 Å². The van der Waals surface area contributed by atoms with E-state index in [0.717, 1.165) is 17.9 Å². The lowest BCUT2D eigenvalue weighted by molar-refractivity contribution is 0.480. The Balaban J connectivity index is 0.000000516. The van der Waals surface area contributed by atoms with Crippen LogP contribution in [0.2, 0.25) is 0 Å². The lowest BCUT2D eigenvalue weighted by Gasteiger charge is -2.15. The molecule has 0 radical (unpaired) electrons. The highest BCUT2D eigenvalue weighted by Crippen LogP contribution is 2.31. The summed E-state index contributed by atoms with van der Waals surface area (Å²) in [6, 6.07) is 29.2. The van der Waals surface area contributed by atoms with E-state index in [1.54, 1.807) is 0 Å². The van der Waals surface area contributed by atoms with Crippen molar-refractivity contribution in [3.63, 3.8) is 0 Å². The first-order valence-corrected chi connectivity index (χ1v) is 28.9. The van der Waals surface area contributed by atoms with Crippen LogP contribution in [0.25, 0.3) is 11.1 Å². The zero-order valence-electron chi connectivity index (χ0n) is 55.1. The summed E-state index contributed by atoms with van der Waals surface area (Å²) in [5.74, 6) is 1.84. The molecule has 0 unspecified atom stereocenters. The van der Waals surface area contributed by atoms with Gasteiger partial charge in [0.2, 0.25) is 0 Å². The van der Waals surface area contributed by atoms with E-state index in [2.05, 4.69) is 280 Å². The minimum absolute atomic E-state index is 0. The Morgan fingerprint density at radius 1 is 0.183 bits per heavy atom. The Bertz CT molecular complexity index is 2960. The van der Waals surface area contributed by atoms with Gasteiger partial charge in [-0.1, -0.05) is 76.9 Å². The molecule has 0 saturated carbocycles. The molecule has 0 N–H and O–H groups in total. The van der Waals surface area contributed by atoms with E-state index in [0.29, 0.717) is 0 Å². The van der Waals surface area contributed by atoms with Gasteiger partial charge in [-0.3, -0.25) is 0 Å². The third-order valence-corrected chi connectivity index (χ3v) is 18.7. The van der Waals surface area contributed by atoms with Crippen LogP contribution in [-0.4, -0.2) is 0 Å². The summed E-state index contributed by atoms with van der Waals surface area (Å²) in [6.45, 7) is 63.4. The average Bonchev–Trinajstić information content (AvgIpc) is 3.38. The standard InChI is InChI=1S/C19H24.C18H22O.C18H22.C12H18.C11H16.3CH4/c1-12-7-18(8-13(2)16(12)5)11-19-9-14(3)17(6)15(4)10-19;1-11-7-17(8-12(2)15(11)5)19-18-9-13(3)16(6)14(4)10-18;1-11-7-17(8-12(2)15(11)5)18-9-13(3)16(6)14(4)10-18;1-7-8(2)10(4)12(6)11(5)9(7)3;1-7-6-8(2)10(4)11(5)9(7)3;;;/h7-10H,11H2,1-6H3;7-10H,1-6H3;7-10H,1-6H3;1-6H3;6H,1-5H3;3*1H4. The average molecular weight is 1100 g/mol. The molecule has 0 spiro atoms. The number of benzene rings is 8. The largest absolute Gasteiger partial charge is 0.457 e. The normalized spacial score (nSPS) is 10.3. The predicted octanol–water partition coefficient (Wildman–Crippen LogP) is 24.3. The number of hydrogen-bond acceptors (Lipinski definition) is 1. The van der Waals surface area contributed by atoms with Crippen LogP contribution >= 0.6 is 0 Å². The van der Waals surface area contributed by atoms with Gasteiger partial charge in [-0.2, -0.15) is 0 Å². The highest BCUT2D eigenvalue weighted by atomic mass is 16.5. The molecule has 0 aliphatic rings. The minimum Gasteiger partial charge on any atom is -0.457 e. The first-order chi connectivity index (χ1) is 36.7. The molecule has 0 amide bonds. The van der Waals surface area contributed by atoms with Crippen molar-refractivity contribution in [1.29, 1.82) is 0 Å². The van der Waals surface area contributed by atoms with Crippen molar-refractivity contribution < 1.29 is 4.74 Å². The molecule has 0 heterocycles. The molecule has 444 valence electrons. The molecule has 0 atom stereocenters. The summed E-state index contributed by atoms with van der Waals surface area (Å²) in [4.78, 5) is 0. The molecule has 1 heteroatoms. The second-order valence-electron chi connectivity index (χ2n) is 24.0. The predicted molar refractivity (Wildman–Crippen MR) is 371 cm³/mol. The summed E-state index contributed by atoms with van der Waals surface area (Å²) >= 11 is 0. The Hall–Kier alpha value is -6.44. The highest BCUT2D eigenvalue weighted by molar-refractivity contribution is 5.68. The molecule has 0 aliphatic carbocycles. The van der Waals surface area contributed by atoms with Crippen molar-refractivity contribution in [3.8, 4) is 22.6 Å². The molecule has 0 aromatic heterocycles. The smallest absolute Gasteiger partial charge is 0.127 e. The molecule has 82 heavy (non-hydrogen) atoms. The van der Waals surface area contributed by atoms with Crippen molar-refractivity contribution in [1.82, 2.24) is 0 Å². The lowest BCUT2D eigenvalue weighted by atomic mass is 9.90. The maximum Gasteiger partial charge on any atom is 0.127 e. The fourth-order valence-electron chi connectivity index (χ4n) is 10.4. The molecule has 0 aliphatic heterocycles. The first-order valence-electron chi connectivity index (χ1n) is 28.9. The number of aryl methyl sites for hydroxylation is 14. The second-order valence-corrected chi connectivity index (χ2v) is 24.0. The number of rotatable bonds is 5. The van der Waals surface area contributed by atoms with E-state index in [9.17, 15) is 0 Å². The quantitative estimate of drug-likeness (QED) is 0.167. The first kappa shape index (κ1) is 73.6. The molecule has 8 aromatic rings. The fourth-order valence-corrected chi connectivity index (χ4v) is 10.4. The van der Waals surface area contributed by atoms with Gasteiger partial charge in [-0.25, -0.2) is 0 Å². The van der Waals surface area contributed by atoms with Gasteiger partial charge in [0.15, 0.2) is 0 Å². The van der Waals surface area contributed by atoms with Gasteiger partial charge in [0.05, 0.1) is 0 Å². The Morgan fingerprint density at radius 2 is 0.341 bits per heavy atom. The van der Waals surface area contributed by atoms with E-state index in [1.165, 1.54) is 184 Å². The van der Waals surface area contributed by atoms with Gasteiger partial charge in [0, 0.05) is 0 Å². The maximum atomic E-state index is 6.01. The third kappa shape index (κ3) is 18.3. The van der Waals surface area contributed by atoms with E-state index in [-0.39, 0.29) is 22.3 Å². The second kappa shape index (κ2) is 31.3. The van der Waals surface area contributed by atoms with Crippen molar-refractivity contribution in [2.45, 2.75) is 229 Å². The molecule has 8 aromatic carbocycles. The zero-order chi connectivity index (χ0) is 59.8. The van der Waals surface area contributed by atoms with E-state index in [4.69, 9.17) is 4.74 Å². The van der Waals surface area contributed by atoms with Crippen molar-refractivity contribution in [2.24, 2.45) is 0 Å². The van der Waals surface area contributed by atoms with Crippen LogP contribution in [0.3, 0.4) is 0 Å². The molecule has 1 nitrogen and oxygen atoms in total. The molecule has 0 fully saturated rings. The number of ether oxygens (including phenoxy) is 1. The summed E-state index contributed by atoms with van der Waals surface area (Å²) in [5.41, 5.74) is 45.9. The van der Waals surface area contributed by atoms with Gasteiger partial charge in [-0.15, -0.1) is 0 Å². The maximum absolute atomic E-state index is 6.01. The Kier molecular flexibility index (Phi) is 28.1.